The number of pyridine rings is 1. The Labute approximate surface area is 151 Å². The number of hydrogen-bond acceptors (Lipinski definition) is 8. The minimum Gasteiger partial charge on any atom is -0.389 e. The number of benzene rings is 1. The fourth-order valence-corrected chi connectivity index (χ4v) is 2.33. The number of anilines is 2. The molecular weight excluding hydrogens is 332 g/mol. The molecule has 26 heavy (non-hydrogen) atoms. The van der Waals surface area contributed by atoms with E-state index in [4.69, 9.17) is 10.6 Å². The van der Waals surface area contributed by atoms with Crippen molar-refractivity contribution < 1.29 is 4.84 Å². The fraction of sp³-hybridized carbons (Fsp3) is 0.235. The highest BCUT2D eigenvalue weighted by Crippen LogP contribution is 2.17. The van der Waals surface area contributed by atoms with Crippen molar-refractivity contribution in [3.63, 3.8) is 0 Å². The molecule has 2 heterocycles. The Bertz CT molecular complexity index is 918. The summed E-state index contributed by atoms with van der Waals surface area (Å²) in [7, 11) is 5.70. The van der Waals surface area contributed by atoms with E-state index in [0.717, 1.165) is 11.3 Å². The van der Waals surface area contributed by atoms with Gasteiger partial charge in [-0.05, 0) is 34.7 Å². The third-order valence-corrected chi connectivity index (χ3v) is 3.66. The first-order valence-corrected chi connectivity index (χ1v) is 7.96. The van der Waals surface area contributed by atoms with Crippen LogP contribution in [-0.2, 0) is 18.5 Å². The van der Waals surface area contributed by atoms with Crippen LogP contribution in [0.4, 0.5) is 11.5 Å². The van der Waals surface area contributed by atoms with Gasteiger partial charge in [0.15, 0.2) is 12.3 Å². The zero-order valence-electron chi connectivity index (χ0n) is 14.9. The second-order valence-corrected chi connectivity index (χ2v) is 5.84. The Kier molecular flexibility index (Phi) is 5.07. The summed E-state index contributed by atoms with van der Waals surface area (Å²) in [6, 6.07) is 13.2. The van der Waals surface area contributed by atoms with Crippen LogP contribution in [0.1, 0.15) is 17.1 Å². The highest BCUT2D eigenvalue weighted by atomic mass is 16.6. The van der Waals surface area contributed by atoms with E-state index in [1.54, 1.807) is 17.8 Å². The van der Waals surface area contributed by atoms with Gasteiger partial charge in [-0.25, -0.2) is 9.67 Å². The maximum Gasteiger partial charge on any atom is 0.204 e. The third kappa shape index (κ3) is 3.94. The zero-order chi connectivity index (χ0) is 18.5. The Morgan fingerprint density at radius 3 is 2.73 bits per heavy atom. The Balaban J connectivity index is 1.91. The highest BCUT2D eigenvalue weighted by Gasteiger charge is 2.16. The van der Waals surface area contributed by atoms with Crippen molar-refractivity contribution in [1.29, 1.82) is 0 Å². The average molecular weight is 352 g/mol. The molecule has 0 aliphatic rings. The number of hydrogen-bond donors (Lipinski definition) is 1. The van der Waals surface area contributed by atoms with Crippen molar-refractivity contribution in [3.05, 3.63) is 59.5 Å². The second-order valence-electron chi connectivity index (χ2n) is 5.84. The van der Waals surface area contributed by atoms with Gasteiger partial charge in [-0.1, -0.05) is 23.4 Å². The van der Waals surface area contributed by atoms with Crippen molar-refractivity contribution in [2.45, 2.75) is 6.61 Å². The number of aryl methyl sites for hydroxylation is 1. The van der Waals surface area contributed by atoms with Gasteiger partial charge >= 0.3 is 0 Å². The summed E-state index contributed by atoms with van der Waals surface area (Å²) < 4.78 is 1.54. The average Bonchev–Trinajstić information content (AvgIpc) is 3.04. The van der Waals surface area contributed by atoms with Gasteiger partial charge in [-0.2, -0.15) is 0 Å². The third-order valence-electron chi connectivity index (χ3n) is 3.66. The van der Waals surface area contributed by atoms with Crippen LogP contribution in [0.5, 0.6) is 0 Å². The molecule has 3 rings (SSSR count). The van der Waals surface area contributed by atoms with E-state index >= 15 is 0 Å². The summed E-state index contributed by atoms with van der Waals surface area (Å²) in [4.78, 5) is 11.7. The molecule has 0 aliphatic carbocycles. The van der Waals surface area contributed by atoms with Gasteiger partial charge in [0.2, 0.25) is 5.82 Å². The Hall–Kier alpha value is -3.49. The van der Waals surface area contributed by atoms with Crippen molar-refractivity contribution in [2.75, 3.05) is 24.7 Å². The second kappa shape index (κ2) is 7.60. The van der Waals surface area contributed by atoms with Gasteiger partial charge in [0.05, 0.1) is 5.69 Å². The van der Waals surface area contributed by atoms with Gasteiger partial charge < -0.3 is 15.5 Å². The van der Waals surface area contributed by atoms with Gasteiger partial charge in [0, 0.05) is 32.4 Å². The van der Waals surface area contributed by atoms with Crippen molar-refractivity contribution in [1.82, 2.24) is 25.2 Å². The van der Waals surface area contributed by atoms with E-state index in [1.165, 1.54) is 0 Å². The molecule has 0 spiro atoms. The largest absolute Gasteiger partial charge is 0.389 e. The van der Waals surface area contributed by atoms with Gasteiger partial charge in [0.1, 0.15) is 5.82 Å². The summed E-state index contributed by atoms with van der Waals surface area (Å²) in [6.45, 7) is 0.188. The highest BCUT2D eigenvalue weighted by molar-refractivity contribution is 6.10. The summed E-state index contributed by atoms with van der Waals surface area (Å²) in [5.74, 6) is 0.938. The molecule has 0 saturated carbocycles. The van der Waals surface area contributed by atoms with E-state index in [0.29, 0.717) is 23.0 Å². The molecule has 2 aromatic heterocycles. The lowest BCUT2D eigenvalue weighted by Gasteiger charge is -2.14. The molecule has 134 valence electrons. The molecule has 0 bridgehead atoms. The maximum atomic E-state index is 5.69. The first-order valence-electron chi connectivity index (χ1n) is 7.96. The number of nitrogens with two attached hydrogens (primary N) is 1. The monoisotopic (exact) mass is 352 g/mol. The lowest BCUT2D eigenvalue weighted by molar-refractivity contribution is 0.128. The van der Waals surface area contributed by atoms with Gasteiger partial charge in [-0.15, -0.1) is 5.10 Å². The van der Waals surface area contributed by atoms with Crippen LogP contribution < -0.4 is 10.6 Å². The van der Waals surface area contributed by atoms with Crippen molar-refractivity contribution in [2.24, 2.45) is 12.2 Å². The van der Waals surface area contributed by atoms with Gasteiger partial charge in [0.25, 0.3) is 0 Å². The van der Waals surface area contributed by atoms with Crippen molar-refractivity contribution >= 4 is 17.2 Å². The number of nitrogens with zero attached hydrogens (tertiary/aromatic N) is 7. The standard InChI is InChI=1S/C17H20N8O/c1-24(2)14-8-4-6-12(10-14)16(17-20-22-23-25(17)3)21-26-11-13-7-5-9-15(18)19-13/h4-10H,11H2,1-3H3,(H2,18,19)/b21-16+. The Morgan fingerprint density at radius 1 is 1.23 bits per heavy atom. The van der Waals surface area contributed by atoms with E-state index in [2.05, 4.69) is 25.7 Å². The first-order chi connectivity index (χ1) is 12.5. The number of tetrazole rings is 1. The SMILES string of the molecule is CN(C)c1cccc(/C(=N\OCc2cccc(N)n2)c2nnnn2C)c1. The molecule has 9 heteroatoms. The van der Waals surface area contributed by atoms with Gasteiger partial charge in [-0.3, -0.25) is 0 Å². The van der Waals surface area contributed by atoms with Crippen LogP contribution in [0, 0.1) is 0 Å². The molecule has 0 unspecified atom stereocenters. The number of rotatable bonds is 6. The summed E-state index contributed by atoms with van der Waals surface area (Å²) in [5, 5.41) is 15.9. The van der Waals surface area contributed by atoms with E-state index in [1.807, 2.05) is 55.4 Å². The number of aromatic nitrogens is 5. The summed E-state index contributed by atoms with van der Waals surface area (Å²) in [6.07, 6.45) is 0. The molecule has 2 N–H and O–H groups in total. The molecule has 0 amide bonds. The zero-order valence-corrected chi connectivity index (χ0v) is 14.9. The maximum absolute atomic E-state index is 5.69. The molecule has 0 atom stereocenters. The van der Waals surface area contributed by atoms with Crippen LogP contribution >= 0.6 is 0 Å². The lowest BCUT2D eigenvalue weighted by Crippen LogP contribution is -2.14. The van der Waals surface area contributed by atoms with E-state index in [9.17, 15) is 0 Å². The number of nitrogen functional groups attached to an aromatic ring is 1. The fourth-order valence-electron chi connectivity index (χ4n) is 2.33. The summed E-state index contributed by atoms with van der Waals surface area (Å²) >= 11 is 0. The predicted molar refractivity (Wildman–Crippen MR) is 98.6 cm³/mol. The molecule has 0 saturated heterocycles. The normalized spacial score (nSPS) is 11.4. The molecule has 9 nitrogen and oxygen atoms in total. The Morgan fingerprint density at radius 2 is 2.04 bits per heavy atom. The smallest absolute Gasteiger partial charge is 0.204 e. The predicted octanol–water partition coefficient (Wildman–Crippen LogP) is 1.22. The minimum absolute atomic E-state index is 0.188. The van der Waals surface area contributed by atoms with Crippen LogP contribution in [0.2, 0.25) is 0 Å². The number of oxime groups is 1. The first kappa shape index (κ1) is 17.3. The molecule has 0 fully saturated rings. The molecule has 0 radical (unpaired) electrons. The van der Waals surface area contributed by atoms with Crippen LogP contribution in [0.15, 0.2) is 47.6 Å². The van der Waals surface area contributed by atoms with Crippen LogP contribution in [0.3, 0.4) is 0 Å². The summed E-state index contributed by atoms with van der Waals surface area (Å²) in [5.41, 5.74) is 8.78. The van der Waals surface area contributed by atoms with E-state index in [-0.39, 0.29) is 6.61 Å². The topological polar surface area (TPSA) is 107 Å². The van der Waals surface area contributed by atoms with Crippen LogP contribution in [-0.4, -0.2) is 45.0 Å². The van der Waals surface area contributed by atoms with Crippen LogP contribution in [0.25, 0.3) is 0 Å². The molecule has 0 aliphatic heterocycles. The molecular formula is C17H20N8O. The minimum atomic E-state index is 0.188. The van der Waals surface area contributed by atoms with Crippen molar-refractivity contribution in [3.8, 4) is 0 Å². The molecule has 3 aromatic rings. The quantitative estimate of drug-likeness (QED) is 0.525. The lowest BCUT2D eigenvalue weighted by atomic mass is 10.1. The van der Waals surface area contributed by atoms with E-state index < -0.39 is 0 Å². The molecule has 1 aromatic carbocycles.